The molecular formula is C17H22Cl2O. The lowest BCUT2D eigenvalue weighted by Gasteiger charge is -2.36. The minimum atomic E-state index is 0.118. The van der Waals surface area contributed by atoms with E-state index in [0.29, 0.717) is 26.9 Å². The van der Waals surface area contributed by atoms with Crippen LogP contribution in [0, 0.1) is 17.3 Å². The van der Waals surface area contributed by atoms with E-state index < -0.39 is 0 Å². The molecule has 0 bridgehead atoms. The highest BCUT2D eigenvalue weighted by Gasteiger charge is 2.33. The standard InChI is InChI=1S/C17H22Cl2O/c1-17(2,3)12-6-4-11(5-7-12)16(20)14-9-8-13(18)10-15(14)19/h8-12H,4-7H2,1-3H3. The normalized spacial score (nSPS) is 23.6. The van der Waals surface area contributed by atoms with Crippen LogP contribution in [0.3, 0.4) is 0 Å². The lowest BCUT2D eigenvalue weighted by atomic mass is 9.69. The summed E-state index contributed by atoms with van der Waals surface area (Å²) in [5.74, 6) is 1.01. The molecule has 0 aliphatic heterocycles. The van der Waals surface area contributed by atoms with Crippen LogP contribution in [0.4, 0.5) is 0 Å². The molecule has 0 atom stereocenters. The first kappa shape index (κ1) is 15.9. The lowest BCUT2D eigenvalue weighted by Crippen LogP contribution is -2.29. The quantitative estimate of drug-likeness (QED) is 0.609. The monoisotopic (exact) mass is 312 g/mol. The number of ketones is 1. The van der Waals surface area contributed by atoms with Crippen molar-refractivity contribution in [2.24, 2.45) is 17.3 Å². The molecule has 0 heterocycles. The van der Waals surface area contributed by atoms with Crippen molar-refractivity contribution in [3.63, 3.8) is 0 Å². The summed E-state index contributed by atoms with van der Waals surface area (Å²) in [6.07, 6.45) is 4.20. The maximum Gasteiger partial charge on any atom is 0.167 e. The van der Waals surface area contributed by atoms with Crippen molar-refractivity contribution >= 4 is 29.0 Å². The summed E-state index contributed by atoms with van der Waals surface area (Å²) in [6.45, 7) is 6.86. The summed E-state index contributed by atoms with van der Waals surface area (Å²) in [5.41, 5.74) is 0.960. The van der Waals surface area contributed by atoms with Crippen LogP contribution in [0.2, 0.25) is 10.0 Å². The number of carbonyl (C=O) groups is 1. The SMILES string of the molecule is CC(C)(C)C1CCC(C(=O)c2ccc(Cl)cc2Cl)CC1. The van der Waals surface area contributed by atoms with E-state index in [4.69, 9.17) is 23.2 Å². The molecule has 0 saturated heterocycles. The molecule has 1 saturated carbocycles. The van der Waals surface area contributed by atoms with E-state index in [1.807, 2.05) is 0 Å². The molecule has 3 heteroatoms. The fourth-order valence-electron chi connectivity index (χ4n) is 3.13. The van der Waals surface area contributed by atoms with Crippen molar-refractivity contribution in [2.75, 3.05) is 0 Å². The Balaban J connectivity index is 2.05. The molecule has 1 aromatic rings. The lowest BCUT2D eigenvalue weighted by molar-refractivity contribution is 0.0819. The van der Waals surface area contributed by atoms with Crippen LogP contribution in [0.15, 0.2) is 18.2 Å². The predicted octanol–water partition coefficient (Wildman–Crippen LogP) is 6.03. The Labute approximate surface area is 131 Å². The summed E-state index contributed by atoms with van der Waals surface area (Å²) >= 11 is 12.0. The Kier molecular flexibility index (Phi) is 4.81. The molecule has 0 unspecified atom stereocenters. The van der Waals surface area contributed by atoms with Gasteiger partial charge in [-0.15, -0.1) is 0 Å². The van der Waals surface area contributed by atoms with Gasteiger partial charge < -0.3 is 0 Å². The van der Waals surface area contributed by atoms with Crippen molar-refractivity contribution in [2.45, 2.75) is 46.5 Å². The van der Waals surface area contributed by atoms with Crippen molar-refractivity contribution in [3.05, 3.63) is 33.8 Å². The van der Waals surface area contributed by atoms with Gasteiger partial charge in [0.25, 0.3) is 0 Å². The first-order valence-electron chi connectivity index (χ1n) is 7.28. The maximum absolute atomic E-state index is 12.6. The first-order valence-corrected chi connectivity index (χ1v) is 8.04. The summed E-state index contributed by atoms with van der Waals surface area (Å²) in [5, 5.41) is 1.04. The van der Waals surface area contributed by atoms with Crippen LogP contribution in [0.25, 0.3) is 0 Å². The summed E-state index contributed by atoms with van der Waals surface area (Å²) < 4.78 is 0. The Morgan fingerprint density at radius 3 is 2.20 bits per heavy atom. The van der Waals surface area contributed by atoms with Crippen LogP contribution in [-0.4, -0.2) is 5.78 Å². The summed E-state index contributed by atoms with van der Waals surface area (Å²) in [4.78, 5) is 12.6. The molecular weight excluding hydrogens is 291 g/mol. The van der Waals surface area contributed by atoms with Gasteiger partial charge >= 0.3 is 0 Å². The Hall–Kier alpha value is -0.530. The summed E-state index contributed by atoms with van der Waals surface area (Å²) in [7, 11) is 0. The number of carbonyl (C=O) groups excluding carboxylic acids is 1. The second kappa shape index (κ2) is 6.07. The minimum Gasteiger partial charge on any atom is -0.294 e. The van der Waals surface area contributed by atoms with E-state index >= 15 is 0 Å². The third-order valence-corrected chi connectivity index (χ3v) is 5.07. The van der Waals surface area contributed by atoms with Gasteiger partial charge in [0, 0.05) is 16.5 Å². The van der Waals surface area contributed by atoms with Crippen molar-refractivity contribution in [3.8, 4) is 0 Å². The average molecular weight is 313 g/mol. The average Bonchev–Trinajstić information content (AvgIpc) is 2.37. The van der Waals surface area contributed by atoms with Crippen LogP contribution in [0.1, 0.15) is 56.8 Å². The highest BCUT2D eigenvalue weighted by Crippen LogP contribution is 2.41. The molecule has 0 spiro atoms. The van der Waals surface area contributed by atoms with Crippen molar-refractivity contribution < 1.29 is 4.79 Å². The molecule has 1 aliphatic rings. The topological polar surface area (TPSA) is 17.1 Å². The van der Waals surface area contributed by atoms with Gasteiger partial charge in [-0.05, 0) is 55.2 Å². The van der Waals surface area contributed by atoms with Gasteiger partial charge in [0.05, 0.1) is 5.02 Å². The first-order chi connectivity index (χ1) is 9.29. The molecule has 0 aromatic heterocycles. The number of Topliss-reactive ketones (excluding diaryl/α,β-unsaturated/α-hetero) is 1. The Morgan fingerprint density at radius 2 is 1.70 bits per heavy atom. The van der Waals surface area contributed by atoms with Crippen molar-refractivity contribution in [1.82, 2.24) is 0 Å². The van der Waals surface area contributed by atoms with Gasteiger partial charge in [-0.25, -0.2) is 0 Å². The van der Waals surface area contributed by atoms with E-state index in [1.165, 1.54) is 0 Å². The molecule has 0 N–H and O–H groups in total. The zero-order valence-corrected chi connectivity index (χ0v) is 13.9. The van der Waals surface area contributed by atoms with E-state index in [9.17, 15) is 4.79 Å². The minimum absolute atomic E-state index is 0.118. The number of hydrogen-bond acceptors (Lipinski definition) is 1. The fourth-order valence-corrected chi connectivity index (χ4v) is 3.63. The van der Waals surface area contributed by atoms with Gasteiger partial charge in [0.15, 0.2) is 5.78 Å². The number of rotatable bonds is 2. The van der Waals surface area contributed by atoms with Gasteiger partial charge in [-0.1, -0.05) is 44.0 Å². The predicted molar refractivity (Wildman–Crippen MR) is 85.7 cm³/mol. The second-order valence-corrected chi connectivity index (χ2v) is 7.75. The van der Waals surface area contributed by atoms with Crippen LogP contribution in [0.5, 0.6) is 0 Å². The molecule has 1 fully saturated rings. The van der Waals surface area contributed by atoms with E-state index in [2.05, 4.69) is 20.8 Å². The Morgan fingerprint density at radius 1 is 1.10 bits per heavy atom. The fraction of sp³-hybridized carbons (Fsp3) is 0.588. The molecule has 1 aliphatic carbocycles. The molecule has 2 rings (SSSR count). The van der Waals surface area contributed by atoms with Crippen molar-refractivity contribution in [1.29, 1.82) is 0 Å². The highest BCUT2D eigenvalue weighted by atomic mass is 35.5. The van der Waals surface area contributed by atoms with Gasteiger partial charge in [-0.3, -0.25) is 4.79 Å². The van der Waals surface area contributed by atoms with Gasteiger partial charge in [0.2, 0.25) is 0 Å². The van der Waals surface area contributed by atoms with Crippen LogP contribution in [-0.2, 0) is 0 Å². The van der Waals surface area contributed by atoms with E-state index in [-0.39, 0.29) is 11.7 Å². The molecule has 0 amide bonds. The highest BCUT2D eigenvalue weighted by molar-refractivity contribution is 6.36. The number of hydrogen-bond donors (Lipinski definition) is 0. The van der Waals surface area contributed by atoms with Crippen LogP contribution >= 0.6 is 23.2 Å². The zero-order valence-electron chi connectivity index (χ0n) is 12.4. The zero-order chi connectivity index (χ0) is 14.9. The van der Waals surface area contributed by atoms with E-state index in [1.54, 1.807) is 18.2 Å². The van der Waals surface area contributed by atoms with Gasteiger partial charge in [-0.2, -0.15) is 0 Å². The van der Waals surface area contributed by atoms with Crippen LogP contribution < -0.4 is 0 Å². The molecule has 1 nitrogen and oxygen atoms in total. The number of benzene rings is 1. The summed E-state index contributed by atoms with van der Waals surface area (Å²) in [6, 6.07) is 5.14. The molecule has 110 valence electrons. The van der Waals surface area contributed by atoms with Gasteiger partial charge in [0.1, 0.15) is 0 Å². The van der Waals surface area contributed by atoms with E-state index in [0.717, 1.165) is 25.7 Å². The Bertz CT molecular complexity index is 494. The molecule has 1 aromatic carbocycles. The maximum atomic E-state index is 12.6. The number of halogens is 2. The third kappa shape index (κ3) is 3.56. The smallest absolute Gasteiger partial charge is 0.167 e. The molecule has 0 radical (unpaired) electrons. The third-order valence-electron chi connectivity index (χ3n) is 4.52. The largest absolute Gasteiger partial charge is 0.294 e. The second-order valence-electron chi connectivity index (χ2n) is 6.90. The molecule has 20 heavy (non-hydrogen) atoms.